The highest BCUT2D eigenvalue weighted by molar-refractivity contribution is 6.55. The lowest BCUT2D eigenvalue weighted by Gasteiger charge is -2.32. The van der Waals surface area contributed by atoms with Gasteiger partial charge in [-0.25, -0.2) is 4.39 Å². The van der Waals surface area contributed by atoms with Gasteiger partial charge in [0.15, 0.2) is 0 Å². The van der Waals surface area contributed by atoms with Crippen LogP contribution in [0.2, 0.25) is 0 Å². The Hall–Kier alpha value is -0.935. The van der Waals surface area contributed by atoms with Crippen LogP contribution in [0.1, 0.15) is 27.7 Å². The van der Waals surface area contributed by atoms with Gasteiger partial charge in [-0.15, -0.1) is 0 Å². The van der Waals surface area contributed by atoms with Crippen molar-refractivity contribution >= 4 is 13.8 Å². The van der Waals surface area contributed by atoms with E-state index in [1.165, 1.54) is 6.20 Å². The second kappa shape index (κ2) is 4.15. The minimum Gasteiger partial charge on any atom is -0.399 e. The number of hydrogen-bond acceptors (Lipinski definition) is 3. The molecule has 88 valence electrons. The van der Waals surface area contributed by atoms with Gasteiger partial charge in [0.05, 0.1) is 11.2 Å². The molecule has 0 spiro atoms. The fourth-order valence-corrected chi connectivity index (χ4v) is 1.33. The fraction of sp³-hybridized carbons (Fsp3) is 0.545. The van der Waals surface area contributed by atoms with E-state index in [1.54, 1.807) is 0 Å². The van der Waals surface area contributed by atoms with Crippen molar-refractivity contribution in [1.82, 2.24) is 0 Å². The average Bonchev–Trinajstić information content (AvgIpc) is 2.31. The summed E-state index contributed by atoms with van der Waals surface area (Å²) in [5.74, 6) is -0.620. The third-order valence-corrected chi connectivity index (χ3v) is 3.05. The van der Waals surface area contributed by atoms with Gasteiger partial charge in [0.25, 0.3) is 0 Å². The summed E-state index contributed by atoms with van der Waals surface area (Å²) in [4.78, 5) is 3.52. The van der Waals surface area contributed by atoms with Crippen molar-refractivity contribution in [3.05, 3.63) is 24.1 Å². The van der Waals surface area contributed by atoms with Gasteiger partial charge in [-0.1, -0.05) is 6.58 Å². The topological polar surface area (TPSA) is 30.8 Å². The molecule has 0 N–H and O–H groups in total. The van der Waals surface area contributed by atoms with Gasteiger partial charge in [0.1, 0.15) is 5.83 Å². The molecular formula is C11H17BFNO2. The maximum Gasteiger partial charge on any atom is 0.499 e. The molecule has 0 amide bonds. The summed E-state index contributed by atoms with van der Waals surface area (Å²) in [5, 5.41) is 0. The quantitative estimate of drug-likeness (QED) is 0.420. The molecular weight excluding hydrogens is 208 g/mol. The van der Waals surface area contributed by atoms with Crippen molar-refractivity contribution in [1.29, 1.82) is 0 Å². The van der Waals surface area contributed by atoms with Crippen LogP contribution in [0.4, 0.5) is 4.39 Å². The monoisotopic (exact) mass is 225 g/mol. The van der Waals surface area contributed by atoms with Crippen LogP contribution in [0.5, 0.6) is 0 Å². The Morgan fingerprint density at radius 1 is 1.25 bits per heavy atom. The molecule has 0 aromatic heterocycles. The summed E-state index contributed by atoms with van der Waals surface area (Å²) >= 11 is 0. The molecule has 16 heavy (non-hydrogen) atoms. The Bertz CT molecular complexity index is 334. The third kappa shape index (κ3) is 2.25. The summed E-state index contributed by atoms with van der Waals surface area (Å²) in [6.07, 6.45) is 1.27. The molecule has 1 rings (SSSR count). The normalized spacial score (nSPS) is 23.3. The molecule has 0 atom stereocenters. The first-order valence-electron chi connectivity index (χ1n) is 5.07. The van der Waals surface area contributed by atoms with E-state index < -0.39 is 24.1 Å². The van der Waals surface area contributed by atoms with E-state index >= 15 is 0 Å². The lowest BCUT2D eigenvalue weighted by molar-refractivity contribution is 0.00578. The van der Waals surface area contributed by atoms with E-state index in [4.69, 9.17) is 9.31 Å². The molecule has 5 heteroatoms. The Morgan fingerprint density at radius 3 is 2.00 bits per heavy atom. The first-order valence-corrected chi connectivity index (χ1v) is 5.07. The zero-order valence-corrected chi connectivity index (χ0v) is 10.2. The van der Waals surface area contributed by atoms with E-state index in [1.807, 2.05) is 27.7 Å². The highest BCUT2D eigenvalue weighted by atomic mass is 19.1. The van der Waals surface area contributed by atoms with Crippen molar-refractivity contribution in [2.24, 2.45) is 4.99 Å². The van der Waals surface area contributed by atoms with Crippen LogP contribution in [0.15, 0.2) is 29.1 Å². The average molecular weight is 225 g/mol. The van der Waals surface area contributed by atoms with E-state index in [-0.39, 0.29) is 5.47 Å². The predicted molar refractivity (Wildman–Crippen MR) is 64.0 cm³/mol. The van der Waals surface area contributed by atoms with Crippen LogP contribution in [-0.4, -0.2) is 25.0 Å². The van der Waals surface area contributed by atoms with Crippen LogP contribution in [-0.2, 0) is 9.31 Å². The van der Waals surface area contributed by atoms with Gasteiger partial charge < -0.3 is 9.31 Å². The van der Waals surface area contributed by atoms with Crippen molar-refractivity contribution in [3.63, 3.8) is 0 Å². The fourth-order valence-electron chi connectivity index (χ4n) is 1.33. The molecule has 0 saturated carbocycles. The molecule has 0 unspecified atom stereocenters. The standard InChI is InChI=1S/C11H17BFNO2/c1-8(13)9(7-14-6)12-15-10(2,3)11(4,5)16-12/h7H,1,6H2,2-5H3/b9-7+. The Balaban J connectivity index is 2.98. The van der Waals surface area contributed by atoms with Gasteiger partial charge >= 0.3 is 7.12 Å². The smallest absolute Gasteiger partial charge is 0.399 e. The Kier molecular flexibility index (Phi) is 3.40. The van der Waals surface area contributed by atoms with Crippen molar-refractivity contribution in [2.75, 3.05) is 0 Å². The number of halogens is 1. The lowest BCUT2D eigenvalue weighted by atomic mass is 9.78. The highest BCUT2D eigenvalue weighted by Gasteiger charge is 2.52. The number of aliphatic imine (C=N–C) groups is 1. The first-order chi connectivity index (χ1) is 7.21. The first kappa shape index (κ1) is 13.1. The van der Waals surface area contributed by atoms with E-state index in [9.17, 15) is 4.39 Å². The van der Waals surface area contributed by atoms with Gasteiger partial charge in [0, 0.05) is 11.7 Å². The van der Waals surface area contributed by atoms with Gasteiger partial charge in [-0.2, -0.15) is 0 Å². The molecule has 1 aliphatic heterocycles. The van der Waals surface area contributed by atoms with Crippen LogP contribution in [0.25, 0.3) is 0 Å². The number of nitrogens with zero attached hydrogens (tertiary/aromatic N) is 1. The lowest BCUT2D eigenvalue weighted by Crippen LogP contribution is -2.41. The van der Waals surface area contributed by atoms with Crippen LogP contribution >= 0.6 is 0 Å². The number of hydrogen-bond donors (Lipinski definition) is 0. The van der Waals surface area contributed by atoms with Crippen LogP contribution in [0, 0.1) is 0 Å². The van der Waals surface area contributed by atoms with Crippen LogP contribution < -0.4 is 0 Å². The number of rotatable bonds is 3. The molecule has 1 saturated heterocycles. The maximum atomic E-state index is 13.2. The molecule has 0 aliphatic carbocycles. The van der Waals surface area contributed by atoms with Gasteiger partial charge in [-0.3, -0.25) is 4.99 Å². The summed E-state index contributed by atoms with van der Waals surface area (Å²) in [5.41, 5.74) is -0.838. The molecule has 0 radical (unpaired) electrons. The van der Waals surface area contributed by atoms with E-state index in [0.717, 1.165) is 0 Å². The van der Waals surface area contributed by atoms with E-state index in [2.05, 4.69) is 18.3 Å². The van der Waals surface area contributed by atoms with Crippen molar-refractivity contribution in [3.8, 4) is 0 Å². The molecule has 3 nitrogen and oxygen atoms in total. The van der Waals surface area contributed by atoms with Gasteiger partial charge in [-0.05, 0) is 34.4 Å². The zero-order valence-electron chi connectivity index (χ0n) is 10.2. The molecule has 1 heterocycles. The summed E-state index contributed by atoms with van der Waals surface area (Å²) < 4.78 is 24.5. The predicted octanol–water partition coefficient (Wildman–Crippen LogP) is 2.69. The highest BCUT2D eigenvalue weighted by Crippen LogP contribution is 2.39. The number of allylic oxidation sites excluding steroid dienone is 2. The maximum absolute atomic E-state index is 13.2. The molecule has 0 aromatic carbocycles. The molecule has 1 aliphatic rings. The largest absolute Gasteiger partial charge is 0.499 e. The summed E-state index contributed by atoms with van der Waals surface area (Å²) in [6.45, 7) is 14.1. The molecule has 1 fully saturated rings. The van der Waals surface area contributed by atoms with Crippen molar-refractivity contribution < 1.29 is 13.7 Å². The summed E-state index contributed by atoms with van der Waals surface area (Å²) in [7, 11) is -0.784. The van der Waals surface area contributed by atoms with Crippen LogP contribution in [0.3, 0.4) is 0 Å². The zero-order chi connectivity index (χ0) is 12.6. The second-order valence-electron chi connectivity index (χ2n) is 4.76. The minimum absolute atomic E-state index is 0.175. The molecule has 0 bridgehead atoms. The second-order valence-corrected chi connectivity index (χ2v) is 4.76. The SMILES string of the molecule is C=N/C=C(/B1OC(C)(C)C(C)(C)O1)C(=C)F. The third-order valence-electron chi connectivity index (χ3n) is 3.05. The molecule has 0 aromatic rings. The van der Waals surface area contributed by atoms with E-state index in [0.29, 0.717) is 0 Å². The Morgan fingerprint density at radius 2 is 1.69 bits per heavy atom. The van der Waals surface area contributed by atoms with Gasteiger partial charge in [0.2, 0.25) is 0 Å². The van der Waals surface area contributed by atoms with Crippen molar-refractivity contribution in [2.45, 2.75) is 38.9 Å². The minimum atomic E-state index is -0.784. The Labute approximate surface area is 96.2 Å². The summed E-state index contributed by atoms with van der Waals surface area (Å²) in [6, 6.07) is 0.